The van der Waals surface area contributed by atoms with Gasteiger partial charge in [-0.05, 0) is 18.6 Å². The summed E-state index contributed by atoms with van der Waals surface area (Å²) < 4.78 is 5.10. The highest BCUT2D eigenvalue weighted by molar-refractivity contribution is 7.80. The second-order valence-corrected chi connectivity index (χ2v) is 5.26. The molecule has 0 aromatic heterocycles. The topological polar surface area (TPSA) is 46.6 Å². The molecule has 0 N–H and O–H groups in total. The molecule has 2 atom stereocenters. The summed E-state index contributed by atoms with van der Waals surface area (Å²) >= 11 is 4.18. The average molecular weight is 293 g/mol. The van der Waals surface area contributed by atoms with Gasteiger partial charge in [0.25, 0.3) is 0 Å². The molecular formula is C15H19NO3S. The molecule has 1 aromatic carbocycles. The van der Waals surface area contributed by atoms with Crippen LogP contribution in [0.3, 0.4) is 0 Å². The summed E-state index contributed by atoms with van der Waals surface area (Å²) in [5, 5.41) is 0. The number of fused-ring (bicyclic) bond motifs is 1. The molecule has 0 spiro atoms. The molecule has 0 saturated carbocycles. The van der Waals surface area contributed by atoms with Gasteiger partial charge in [-0.3, -0.25) is 9.69 Å². The first kappa shape index (κ1) is 14.9. The van der Waals surface area contributed by atoms with Gasteiger partial charge in [0.05, 0.1) is 6.61 Å². The van der Waals surface area contributed by atoms with Crippen molar-refractivity contribution < 1.29 is 14.3 Å². The van der Waals surface area contributed by atoms with Gasteiger partial charge in [-0.15, -0.1) is 0 Å². The third-order valence-electron chi connectivity index (χ3n) is 3.47. The van der Waals surface area contributed by atoms with Gasteiger partial charge < -0.3 is 4.74 Å². The number of ether oxygens (including phenoxy) is 1. The van der Waals surface area contributed by atoms with E-state index in [2.05, 4.69) is 12.6 Å². The maximum absolute atomic E-state index is 12.5. The summed E-state index contributed by atoms with van der Waals surface area (Å²) in [7, 11) is 0. The van der Waals surface area contributed by atoms with Crippen LogP contribution in [0.5, 0.6) is 0 Å². The number of esters is 1. The zero-order chi connectivity index (χ0) is 14.7. The Hall–Kier alpha value is -1.49. The molecule has 1 unspecified atom stereocenters. The van der Waals surface area contributed by atoms with Crippen LogP contribution in [0.25, 0.3) is 0 Å². The molecule has 0 fully saturated rings. The summed E-state index contributed by atoms with van der Waals surface area (Å²) in [5.41, 5.74) is 1.81. The molecule has 1 aliphatic rings. The molecule has 108 valence electrons. The zero-order valence-electron chi connectivity index (χ0n) is 11.7. The zero-order valence-corrected chi connectivity index (χ0v) is 12.6. The highest BCUT2D eigenvalue weighted by Crippen LogP contribution is 2.33. The van der Waals surface area contributed by atoms with E-state index < -0.39 is 6.04 Å². The van der Waals surface area contributed by atoms with Crippen LogP contribution < -0.4 is 4.90 Å². The number of nitrogens with zero attached hydrogens (tertiary/aromatic N) is 1. The third-order valence-corrected chi connectivity index (χ3v) is 4.02. The van der Waals surface area contributed by atoms with Crippen molar-refractivity contribution in [1.29, 1.82) is 0 Å². The second kappa shape index (κ2) is 6.31. The Kier molecular flexibility index (Phi) is 4.70. The molecule has 0 radical (unpaired) electrons. The summed E-state index contributed by atoms with van der Waals surface area (Å²) in [6.45, 7) is 3.90. The molecular weight excluding hydrogens is 274 g/mol. The normalized spacial score (nSPS) is 18.6. The number of carbonyl (C=O) groups excluding carboxylic acids is 2. The smallest absolute Gasteiger partial charge is 0.329 e. The molecule has 4 nitrogen and oxygen atoms in total. The number of para-hydroxylation sites is 1. The van der Waals surface area contributed by atoms with Gasteiger partial charge in [0.15, 0.2) is 0 Å². The van der Waals surface area contributed by atoms with Gasteiger partial charge in [-0.1, -0.05) is 25.1 Å². The van der Waals surface area contributed by atoms with E-state index in [1.54, 1.807) is 11.8 Å². The summed E-state index contributed by atoms with van der Waals surface area (Å²) in [6.07, 6.45) is 0.514. The fourth-order valence-corrected chi connectivity index (χ4v) is 2.56. The predicted octanol–water partition coefficient (Wildman–Crippen LogP) is 2.07. The van der Waals surface area contributed by atoms with E-state index in [0.29, 0.717) is 18.8 Å². The molecule has 1 aliphatic heterocycles. The van der Waals surface area contributed by atoms with Crippen molar-refractivity contribution in [2.75, 3.05) is 17.3 Å². The van der Waals surface area contributed by atoms with Crippen LogP contribution in [0.4, 0.5) is 5.69 Å². The van der Waals surface area contributed by atoms with Crippen LogP contribution in [-0.4, -0.2) is 30.3 Å². The number of rotatable bonds is 4. The molecule has 1 heterocycles. The fourth-order valence-electron chi connectivity index (χ4n) is 2.40. The summed E-state index contributed by atoms with van der Waals surface area (Å²) in [6, 6.07) is 7.05. The van der Waals surface area contributed by atoms with Crippen molar-refractivity contribution in [3.05, 3.63) is 29.8 Å². The Morgan fingerprint density at radius 3 is 2.80 bits per heavy atom. The molecule has 20 heavy (non-hydrogen) atoms. The lowest BCUT2D eigenvalue weighted by atomic mass is 10.1. The van der Waals surface area contributed by atoms with Gasteiger partial charge in [-0.25, -0.2) is 4.79 Å². The van der Waals surface area contributed by atoms with E-state index in [1.807, 2.05) is 31.2 Å². The number of hydrogen-bond acceptors (Lipinski definition) is 4. The van der Waals surface area contributed by atoms with E-state index >= 15 is 0 Å². The molecule has 1 amide bonds. The highest BCUT2D eigenvalue weighted by Gasteiger charge is 2.40. The lowest BCUT2D eigenvalue weighted by Gasteiger charge is -2.26. The van der Waals surface area contributed by atoms with Crippen LogP contribution in [0, 0.1) is 5.92 Å². The van der Waals surface area contributed by atoms with Crippen LogP contribution in [0.1, 0.15) is 19.4 Å². The van der Waals surface area contributed by atoms with Crippen molar-refractivity contribution >= 4 is 30.2 Å². The largest absolute Gasteiger partial charge is 0.464 e. The Balaban J connectivity index is 2.35. The second-order valence-electron chi connectivity index (χ2n) is 4.89. The van der Waals surface area contributed by atoms with E-state index in [0.717, 1.165) is 11.3 Å². The van der Waals surface area contributed by atoms with Gasteiger partial charge in [0, 0.05) is 23.8 Å². The maximum atomic E-state index is 12.5. The lowest BCUT2D eigenvalue weighted by molar-refractivity contribution is -0.145. The van der Waals surface area contributed by atoms with Crippen molar-refractivity contribution in [3.63, 3.8) is 0 Å². The summed E-state index contributed by atoms with van der Waals surface area (Å²) in [5.74, 6) is -0.208. The minimum atomic E-state index is -0.554. The number of carbonyl (C=O) groups is 2. The standard InChI is InChI=1S/C15H19NO3S/c1-3-19-15(18)13-8-11-6-4-5-7-12(11)16(13)14(17)10(2)9-20/h4-7,10,13,20H,3,8-9H2,1-2H3/t10-,13?/m1/s1. The van der Waals surface area contributed by atoms with Gasteiger partial charge >= 0.3 is 5.97 Å². The number of thiol groups is 1. The van der Waals surface area contributed by atoms with Crippen LogP contribution in [0.15, 0.2) is 24.3 Å². The first-order valence-electron chi connectivity index (χ1n) is 6.78. The molecule has 0 aliphatic carbocycles. The number of hydrogen-bond donors (Lipinski definition) is 1. The van der Waals surface area contributed by atoms with Gasteiger partial charge in [0.1, 0.15) is 6.04 Å². The number of anilines is 1. The predicted molar refractivity (Wildman–Crippen MR) is 81.1 cm³/mol. The van der Waals surface area contributed by atoms with Crippen LogP contribution in [-0.2, 0) is 20.7 Å². The van der Waals surface area contributed by atoms with Gasteiger partial charge in [0.2, 0.25) is 5.91 Å². The molecule has 1 aromatic rings. The van der Waals surface area contributed by atoms with Crippen molar-refractivity contribution in [2.45, 2.75) is 26.3 Å². The Morgan fingerprint density at radius 2 is 2.15 bits per heavy atom. The first-order chi connectivity index (χ1) is 9.60. The highest BCUT2D eigenvalue weighted by atomic mass is 32.1. The van der Waals surface area contributed by atoms with Crippen LogP contribution >= 0.6 is 12.6 Å². The SMILES string of the molecule is CCOC(=O)C1Cc2ccccc2N1C(=O)[C@H](C)CS. The molecule has 0 bridgehead atoms. The Morgan fingerprint density at radius 1 is 1.45 bits per heavy atom. The van der Waals surface area contributed by atoms with Crippen LogP contribution in [0.2, 0.25) is 0 Å². The van der Waals surface area contributed by atoms with Crippen molar-refractivity contribution in [3.8, 4) is 0 Å². The van der Waals surface area contributed by atoms with Crippen molar-refractivity contribution in [1.82, 2.24) is 0 Å². The number of amides is 1. The molecule has 2 rings (SSSR count). The van der Waals surface area contributed by atoms with Gasteiger partial charge in [-0.2, -0.15) is 12.6 Å². The minimum absolute atomic E-state index is 0.0806. The fraction of sp³-hybridized carbons (Fsp3) is 0.467. The third kappa shape index (κ3) is 2.68. The first-order valence-corrected chi connectivity index (χ1v) is 7.41. The van der Waals surface area contributed by atoms with E-state index in [4.69, 9.17) is 4.74 Å². The quantitative estimate of drug-likeness (QED) is 0.683. The van der Waals surface area contributed by atoms with E-state index in [9.17, 15) is 9.59 Å². The maximum Gasteiger partial charge on any atom is 0.329 e. The Labute approximate surface area is 124 Å². The van der Waals surface area contributed by atoms with E-state index in [-0.39, 0.29) is 17.8 Å². The van der Waals surface area contributed by atoms with E-state index in [1.165, 1.54) is 0 Å². The minimum Gasteiger partial charge on any atom is -0.464 e. The molecule has 5 heteroatoms. The molecule has 0 saturated heterocycles. The average Bonchev–Trinajstić information content (AvgIpc) is 2.85. The monoisotopic (exact) mass is 293 g/mol. The lowest BCUT2D eigenvalue weighted by Crippen LogP contribution is -2.46. The summed E-state index contributed by atoms with van der Waals surface area (Å²) in [4.78, 5) is 26.2. The van der Waals surface area contributed by atoms with Crippen molar-refractivity contribution in [2.24, 2.45) is 5.92 Å². The Bertz CT molecular complexity index is 518. The number of benzene rings is 1.